The molecule has 1 amide bonds. The van der Waals surface area contributed by atoms with Crippen LogP contribution in [0.15, 0.2) is 39.5 Å². The van der Waals surface area contributed by atoms with Crippen molar-refractivity contribution >= 4 is 16.9 Å². The second-order valence-corrected chi connectivity index (χ2v) is 4.68. The van der Waals surface area contributed by atoms with Crippen LogP contribution in [0.5, 0.6) is 0 Å². The molecule has 0 bridgehead atoms. The molecule has 0 radical (unpaired) electrons. The number of benzene rings is 1. The summed E-state index contributed by atoms with van der Waals surface area (Å²) >= 11 is 0. The van der Waals surface area contributed by atoms with Gasteiger partial charge < -0.3 is 15.5 Å². The highest BCUT2D eigenvalue weighted by molar-refractivity contribution is 5.96. The molecular weight excluding hydrogens is 256 g/mol. The lowest BCUT2D eigenvalue weighted by molar-refractivity contribution is 0.0932. The topological polar surface area (TPSA) is 85.3 Å². The van der Waals surface area contributed by atoms with Gasteiger partial charge in [0.05, 0.1) is 0 Å². The Hall–Kier alpha value is -2.14. The van der Waals surface area contributed by atoms with Crippen LogP contribution in [0, 0.1) is 0 Å². The minimum absolute atomic E-state index is 0.0123. The molecule has 1 atom stereocenters. The van der Waals surface area contributed by atoms with Crippen molar-refractivity contribution in [3.05, 3.63) is 46.3 Å². The minimum atomic E-state index is -0.631. The Balaban J connectivity index is 2.30. The van der Waals surface area contributed by atoms with Gasteiger partial charge in [-0.1, -0.05) is 31.5 Å². The third kappa shape index (κ3) is 3.05. The fourth-order valence-electron chi connectivity index (χ4n) is 2.08. The van der Waals surface area contributed by atoms with Crippen molar-refractivity contribution in [2.45, 2.75) is 25.8 Å². The Morgan fingerprint density at radius 1 is 1.40 bits per heavy atom. The molecule has 0 fully saturated rings. The lowest BCUT2D eigenvalue weighted by Crippen LogP contribution is -2.41. The van der Waals surface area contributed by atoms with Gasteiger partial charge in [-0.05, 0) is 18.6 Å². The summed E-state index contributed by atoms with van der Waals surface area (Å²) in [6.45, 7) is 2.36. The molecule has 0 aliphatic carbocycles. The maximum atomic E-state index is 12.1. The molecule has 1 unspecified atom stereocenters. The highest BCUT2D eigenvalue weighted by Gasteiger charge is 2.16. The van der Waals surface area contributed by atoms with Crippen LogP contribution in [0.2, 0.25) is 0 Å². The Morgan fingerprint density at radius 2 is 2.15 bits per heavy atom. The molecule has 3 N–H and O–H groups in total. The standard InChI is InChI=1S/C15H18N2O3/c1-2-5-11(9-16)17-14(18)12-8-10-6-3-4-7-13(10)20-15(12)19/h3-4,6-8,11H,2,5,9,16H2,1H3,(H,17,18). The fraction of sp³-hybridized carbons (Fsp3) is 0.333. The van der Waals surface area contributed by atoms with Crippen molar-refractivity contribution in [3.8, 4) is 0 Å². The second kappa shape index (κ2) is 6.34. The molecule has 1 aromatic carbocycles. The number of para-hydroxylation sites is 1. The summed E-state index contributed by atoms with van der Waals surface area (Å²) < 4.78 is 5.14. The van der Waals surface area contributed by atoms with Crippen LogP contribution in [0.25, 0.3) is 11.0 Å². The quantitative estimate of drug-likeness (QED) is 0.812. The van der Waals surface area contributed by atoms with E-state index in [0.29, 0.717) is 12.1 Å². The van der Waals surface area contributed by atoms with Gasteiger partial charge in [0, 0.05) is 18.0 Å². The van der Waals surface area contributed by atoms with Crippen molar-refractivity contribution in [1.82, 2.24) is 5.32 Å². The Kier molecular flexibility index (Phi) is 4.53. The SMILES string of the molecule is CCCC(CN)NC(=O)c1cc2ccccc2oc1=O. The maximum Gasteiger partial charge on any atom is 0.349 e. The van der Waals surface area contributed by atoms with Crippen LogP contribution < -0.4 is 16.7 Å². The number of nitrogens with one attached hydrogen (secondary N) is 1. The van der Waals surface area contributed by atoms with E-state index in [4.69, 9.17) is 10.2 Å². The molecule has 0 spiro atoms. The predicted octanol–water partition coefficient (Wildman–Crippen LogP) is 1.65. The van der Waals surface area contributed by atoms with E-state index in [9.17, 15) is 9.59 Å². The van der Waals surface area contributed by atoms with Crippen molar-refractivity contribution in [2.24, 2.45) is 5.73 Å². The number of amides is 1. The maximum absolute atomic E-state index is 12.1. The second-order valence-electron chi connectivity index (χ2n) is 4.68. The van der Waals surface area contributed by atoms with Crippen LogP contribution in [0.4, 0.5) is 0 Å². The number of hydrogen-bond acceptors (Lipinski definition) is 4. The molecule has 0 aliphatic rings. The van der Waals surface area contributed by atoms with Crippen molar-refractivity contribution < 1.29 is 9.21 Å². The van der Waals surface area contributed by atoms with E-state index < -0.39 is 11.5 Å². The first-order valence-electron chi connectivity index (χ1n) is 6.69. The summed E-state index contributed by atoms with van der Waals surface area (Å²) in [7, 11) is 0. The smallest absolute Gasteiger partial charge is 0.349 e. The first-order chi connectivity index (χ1) is 9.65. The van der Waals surface area contributed by atoms with Gasteiger partial charge in [-0.15, -0.1) is 0 Å². The zero-order valence-electron chi connectivity index (χ0n) is 11.4. The van der Waals surface area contributed by atoms with Crippen LogP contribution in [0.3, 0.4) is 0 Å². The molecule has 1 aromatic heterocycles. The number of carbonyl (C=O) groups is 1. The Morgan fingerprint density at radius 3 is 2.85 bits per heavy atom. The van der Waals surface area contributed by atoms with E-state index in [2.05, 4.69) is 5.32 Å². The van der Waals surface area contributed by atoms with Gasteiger partial charge in [0.1, 0.15) is 11.1 Å². The number of rotatable bonds is 5. The van der Waals surface area contributed by atoms with Crippen LogP contribution in [-0.4, -0.2) is 18.5 Å². The molecular formula is C15H18N2O3. The lowest BCUT2D eigenvalue weighted by Gasteiger charge is -2.15. The molecule has 5 nitrogen and oxygen atoms in total. The molecule has 106 valence electrons. The predicted molar refractivity (Wildman–Crippen MR) is 77.7 cm³/mol. The molecule has 2 aromatic rings. The summed E-state index contributed by atoms with van der Waals surface area (Å²) in [5.41, 5.74) is 5.45. The summed E-state index contributed by atoms with van der Waals surface area (Å²) in [5, 5.41) is 3.48. The average Bonchev–Trinajstić information content (AvgIpc) is 2.45. The zero-order chi connectivity index (χ0) is 14.5. The number of carbonyl (C=O) groups excluding carboxylic acids is 1. The Bertz CT molecular complexity index is 663. The lowest BCUT2D eigenvalue weighted by atomic mass is 10.1. The molecule has 0 saturated carbocycles. The summed E-state index contributed by atoms with van der Waals surface area (Å²) in [5.74, 6) is -0.437. The van der Waals surface area contributed by atoms with Crippen LogP contribution in [0.1, 0.15) is 30.1 Å². The highest BCUT2D eigenvalue weighted by atomic mass is 16.4. The van der Waals surface area contributed by atoms with E-state index in [1.807, 2.05) is 13.0 Å². The van der Waals surface area contributed by atoms with E-state index >= 15 is 0 Å². The monoisotopic (exact) mass is 274 g/mol. The van der Waals surface area contributed by atoms with Gasteiger partial charge >= 0.3 is 5.63 Å². The first-order valence-corrected chi connectivity index (χ1v) is 6.69. The summed E-state index contributed by atoms with van der Waals surface area (Å²) in [6.07, 6.45) is 1.69. The number of hydrogen-bond donors (Lipinski definition) is 2. The highest BCUT2D eigenvalue weighted by Crippen LogP contribution is 2.12. The molecule has 2 rings (SSSR count). The van der Waals surface area contributed by atoms with Crippen molar-refractivity contribution in [3.63, 3.8) is 0 Å². The number of fused-ring (bicyclic) bond motifs is 1. The molecule has 1 heterocycles. The van der Waals surface area contributed by atoms with Gasteiger partial charge in [-0.3, -0.25) is 4.79 Å². The fourth-order valence-corrected chi connectivity index (χ4v) is 2.08. The number of nitrogens with two attached hydrogens (primary N) is 1. The van der Waals surface area contributed by atoms with Gasteiger partial charge in [-0.25, -0.2) is 4.79 Å². The molecule has 0 aliphatic heterocycles. The van der Waals surface area contributed by atoms with Crippen molar-refractivity contribution in [1.29, 1.82) is 0 Å². The van der Waals surface area contributed by atoms with Crippen LogP contribution >= 0.6 is 0 Å². The van der Waals surface area contributed by atoms with E-state index in [1.165, 1.54) is 0 Å². The minimum Gasteiger partial charge on any atom is -0.422 e. The van der Waals surface area contributed by atoms with E-state index in [0.717, 1.165) is 18.2 Å². The van der Waals surface area contributed by atoms with Gasteiger partial charge in [0.15, 0.2) is 0 Å². The summed E-state index contributed by atoms with van der Waals surface area (Å²) in [4.78, 5) is 24.0. The van der Waals surface area contributed by atoms with E-state index in [1.54, 1.807) is 24.3 Å². The van der Waals surface area contributed by atoms with Crippen molar-refractivity contribution in [2.75, 3.05) is 6.54 Å². The molecule has 0 saturated heterocycles. The van der Waals surface area contributed by atoms with Gasteiger partial charge in [0.25, 0.3) is 5.91 Å². The Labute approximate surface area is 116 Å². The van der Waals surface area contributed by atoms with Gasteiger partial charge in [0.2, 0.25) is 0 Å². The third-order valence-electron chi connectivity index (χ3n) is 3.14. The largest absolute Gasteiger partial charge is 0.422 e. The normalized spacial score (nSPS) is 12.3. The zero-order valence-corrected chi connectivity index (χ0v) is 11.4. The average molecular weight is 274 g/mol. The van der Waals surface area contributed by atoms with Gasteiger partial charge in [-0.2, -0.15) is 0 Å². The third-order valence-corrected chi connectivity index (χ3v) is 3.14. The van der Waals surface area contributed by atoms with Crippen LogP contribution in [-0.2, 0) is 0 Å². The van der Waals surface area contributed by atoms with E-state index in [-0.39, 0.29) is 11.6 Å². The molecule has 5 heteroatoms. The summed E-state index contributed by atoms with van der Waals surface area (Å²) in [6, 6.07) is 8.51. The first kappa shape index (κ1) is 14.3. The molecule has 20 heavy (non-hydrogen) atoms.